The van der Waals surface area contributed by atoms with Gasteiger partial charge >= 0.3 is 0 Å². The standard InChI is InChI=1S/C16H21N3OS/c1-5-12-17-10(4)13-8(2)14(21-16(13)19-12)15(20)18-9(3)11-6-7-11/h9,11H,5-7H2,1-4H3,(H,18,20). The first-order chi connectivity index (χ1) is 10.0. The summed E-state index contributed by atoms with van der Waals surface area (Å²) in [5, 5.41) is 4.17. The van der Waals surface area contributed by atoms with Crippen LogP contribution in [0, 0.1) is 19.8 Å². The first-order valence-electron chi connectivity index (χ1n) is 7.58. The first kappa shape index (κ1) is 14.4. The lowest BCUT2D eigenvalue weighted by Crippen LogP contribution is -2.33. The van der Waals surface area contributed by atoms with Gasteiger partial charge in [0.05, 0.1) is 4.88 Å². The Kier molecular flexibility index (Phi) is 3.69. The topological polar surface area (TPSA) is 54.9 Å². The van der Waals surface area contributed by atoms with Gasteiger partial charge in [0.15, 0.2) is 0 Å². The monoisotopic (exact) mass is 303 g/mol. The highest BCUT2D eigenvalue weighted by molar-refractivity contribution is 7.20. The third-order valence-electron chi connectivity index (χ3n) is 4.23. The predicted octanol–water partition coefficient (Wildman–Crippen LogP) is 3.40. The van der Waals surface area contributed by atoms with Gasteiger partial charge in [-0.25, -0.2) is 9.97 Å². The highest BCUT2D eigenvalue weighted by Gasteiger charge is 2.30. The summed E-state index contributed by atoms with van der Waals surface area (Å²) in [4.78, 5) is 23.3. The van der Waals surface area contributed by atoms with E-state index in [0.29, 0.717) is 5.92 Å². The molecule has 1 saturated carbocycles. The van der Waals surface area contributed by atoms with Gasteiger partial charge in [-0.3, -0.25) is 4.79 Å². The summed E-state index contributed by atoms with van der Waals surface area (Å²) in [5.74, 6) is 1.55. The van der Waals surface area contributed by atoms with Gasteiger partial charge in [0, 0.05) is 23.5 Å². The number of carbonyl (C=O) groups excluding carboxylic acids is 1. The molecule has 2 heterocycles. The molecule has 2 aromatic heterocycles. The van der Waals surface area contributed by atoms with E-state index in [-0.39, 0.29) is 11.9 Å². The Morgan fingerprint density at radius 2 is 2.10 bits per heavy atom. The SMILES string of the molecule is CCc1nc(C)c2c(C)c(C(=O)NC(C)C3CC3)sc2n1. The smallest absolute Gasteiger partial charge is 0.261 e. The van der Waals surface area contributed by atoms with E-state index in [1.54, 1.807) is 0 Å². The van der Waals surface area contributed by atoms with E-state index in [1.807, 2.05) is 20.8 Å². The molecule has 5 heteroatoms. The molecule has 2 aromatic rings. The molecule has 112 valence electrons. The van der Waals surface area contributed by atoms with Crippen molar-refractivity contribution in [2.75, 3.05) is 0 Å². The van der Waals surface area contributed by atoms with Crippen LogP contribution in [-0.2, 0) is 6.42 Å². The molecule has 0 aliphatic heterocycles. The van der Waals surface area contributed by atoms with Gasteiger partial charge < -0.3 is 5.32 Å². The quantitative estimate of drug-likeness (QED) is 0.942. The van der Waals surface area contributed by atoms with Gasteiger partial charge in [-0.15, -0.1) is 11.3 Å². The lowest BCUT2D eigenvalue weighted by atomic mass is 10.1. The number of hydrogen-bond acceptors (Lipinski definition) is 4. The largest absolute Gasteiger partial charge is 0.349 e. The van der Waals surface area contributed by atoms with Crippen LogP contribution >= 0.6 is 11.3 Å². The Morgan fingerprint density at radius 1 is 1.38 bits per heavy atom. The minimum atomic E-state index is 0.0346. The van der Waals surface area contributed by atoms with Crippen molar-refractivity contribution in [1.29, 1.82) is 0 Å². The average molecular weight is 303 g/mol. The number of aryl methyl sites for hydroxylation is 3. The second-order valence-corrected chi connectivity index (χ2v) is 6.91. The van der Waals surface area contributed by atoms with Gasteiger partial charge in [0.2, 0.25) is 0 Å². The van der Waals surface area contributed by atoms with Crippen molar-refractivity contribution < 1.29 is 4.79 Å². The van der Waals surface area contributed by atoms with Crippen molar-refractivity contribution in [1.82, 2.24) is 15.3 Å². The first-order valence-corrected chi connectivity index (χ1v) is 8.40. The van der Waals surface area contributed by atoms with Crippen LogP contribution in [-0.4, -0.2) is 21.9 Å². The summed E-state index contributed by atoms with van der Waals surface area (Å²) in [6.07, 6.45) is 3.28. The van der Waals surface area contributed by atoms with Crippen LogP contribution in [0.4, 0.5) is 0 Å². The molecular weight excluding hydrogens is 282 g/mol. The lowest BCUT2D eigenvalue weighted by Gasteiger charge is -2.12. The number of carbonyl (C=O) groups is 1. The number of fused-ring (bicyclic) bond motifs is 1. The zero-order chi connectivity index (χ0) is 15.1. The highest BCUT2D eigenvalue weighted by atomic mass is 32.1. The number of nitrogens with one attached hydrogen (secondary N) is 1. The minimum Gasteiger partial charge on any atom is -0.349 e. The van der Waals surface area contributed by atoms with Crippen molar-refractivity contribution in [3.63, 3.8) is 0 Å². The molecule has 3 rings (SSSR count). The number of thiophene rings is 1. The zero-order valence-corrected chi connectivity index (χ0v) is 13.8. The number of hydrogen-bond donors (Lipinski definition) is 1. The van der Waals surface area contributed by atoms with Gasteiger partial charge in [-0.05, 0) is 45.1 Å². The van der Waals surface area contributed by atoms with E-state index >= 15 is 0 Å². The number of aromatic nitrogens is 2. The molecular formula is C16H21N3OS. The van der Waals surface area contributed by atoms with Crippen molar-refractivity contribution in [2.45, 2.75) is 53.0 Å². The molecule has 1 aliphatic carbocycles. The zero-order valence-electron chi connectivity index (χ0n) is 13.0. The Bertz CT molecular complexity index is 703. The molecule has 4 nitrogen and oxygen atoms in total. The van der Waals surface area contributed by atoms with Gasteiger partial charge in [-0.1, -0.05) is 6.92 Å². The van der Waals surface area contributed by atoms with Crippen LogP contribution in [0.5, 0.6) is 0 Å². The maximum Gasteiger partial charge on any atom is 0.261 e. The Hall–Kier alpha value is -1.49. The lowest BCUT2D eigenvalue weighted by molar-refractivity contribution is 0.0939. The third kappa shape index (κ3) is 2.67. The molecule has 21 heavy (non-hydrogen) atoms. The van der Waals surface area contributed by atoms with Crippen LogP contribution in [0.2, 0.25) is 0 Å². The second kappa shape index (κ2) is 5.37. The fourth-order valence-electron chi connectivity index (χ4n) is 2.76. The second-order valence-electron chi connectivity index (χ2n) is 5.91. The van der Waals surface area contributed by atoms with E-state index in [4.69, 9.17) is 0 Å². The summed E-state index contributed by atoms with van der Waals surface area (Å²) in [6.45, 7) is 8.14. The average Bonchev–Trinajstić information content (AvgIpc) is 3.23. The normalized spacial score (nSPS) is 16.2. The van der Waals surface area contributed by atoms with E-state index in [0.717, 1.165) is 38.6 Å². The number of amides is 1. The molecule has 1 aliphatic rings. The molecule has 1 N–H and O–H groups in total. The predicted molar refractivity (Wildman–Crippen MR) is 85.9 cm³/mol. The van der Waals surface area contributed by atoms with Crippen molar-refractivity contribution >= 4 is 27.5 Å². The third-order valence-corrected chi connectivity index (χ3v) is 5.41. The molecule has 0 radical (unpaired) electrons. The van der Waals surface area contributed by atoms with Gasteiger partial charge in [0.1, 0.15) is 10.7 Å². The van der Waals surface area contributed by atoms with Crippen LogP contribution < -0.4 is 5.32 Å². The molecule has 1 atom stereocenters. The van der Waals surface area contributed by atoms with Crippen molar-refractivity contribution in [2.24, 2.45) is 5.92 Å². The van der Waals surface area contributed by atoms with Crippen molar-refractivity contribution in [3.8, 4) is 0 Å². The highest BCUT2D eigenvalue weighted by Crippen LogP contribution is 2.34. The molecule has 1 fully saturated rings. The summed E-state index contributed by atoms with van der Waals surface area (Å²) < 4.78 is 0. The van der Waals surface area contributed by atoms with Gasteiger partial charge in [-0.2, -0.15) is 0 Å². The number of nitrogens with zero attached hydrogens (tertiary/aromatic N) is 2. The van der Waals surface area contributed by atoms with E-state index in [1.165, 1.54) is 24.2 Å². The summed E-state index contributed by atoms with van der Waals surface area (Å²) >= 11 is 1.49. The van der Waals surface area contributed by atoms with Crippen LogP contribution in [0.25, 0.3) is 10.2 Å². The number of rotatable bonds is 4. The molecule has 0 aromatic carbocycles. The maximum absolute atomic E-state index is 12.5. The summed E-state index contributed by atoms with van der Waals surface area (Å²) in [6, 6.07) is 0.264. The van der Waals surface area contributed by atoms with Crippen molar-refractivity contribution in [3.05, 3.63) is 22.0 Å². The maximum atomic E-state index is 12.5. The molecule has 0 spiro atoms. The van der Waals surface area contributed by atoms with Gasteiger partial charge in [0.25, 0.3) is 5.91 Å². The molecule has 0 saturated heterocycles. The fraction of sp³-hybridized carbons (Fsp3) is 0.562. The Balaban J connectivity index is 1.96. The molecule has 1 unspecified atom stereocenters. The molecule has 0 bridgehead atoms. The van der Waals surface area contributed by atoms with Crippen LogP contribution in [0.15, 0.2) is 0 Å². The van der Waals surface area contributed by atoms with E-state index < -0.39 is 0 Å². The molecule has 1 amide bonds. The minimum absolute atomic E-state index is 0.0346. The van der Waals surface area contributed by atoms with E-state index in [9.17, 15) is 4.79 Å². The Labute approximate surface area is 129 Å². The van der Waals surface area contributed by atoms with E-state index in [2.05, 4.69) is 22.2 Å². The summed E-state index contributed by atoms with van der Waals surface area (Å²) in [7, 11) is 0. The summed E-state index contributed by atoms with van der Waals surface area (Å²) in [5.41, 5.74) is 1.98. The van der Waals surface area contributed by atoms with Crippen LogP contribution in [0.3, 0.4) is 0 Å². The van der Waals surface area contributed by atoms with Crippen LogP contribution in [0.1, 0.15) is 53.4 Å². The Morgan fingerprint density at radius 3 is 2.71 bits per heavy atom. The fourth-order valence-corrected chi connectivity index (χ4v) is 3.91.